The Hall–Kier alpha value is -2.87. The number of ether oxygens (including phenoxy) is 1. The van der Waals surface area contributed by atoms with Gasteiger partial charge >= 0.3 is 0 Å². The minimum atomic E-state index is -0.382. The first kappa shape index (κ1) is 20.9. The van der Waals surface area contributed by atoms with Gasteiger partial charge in [0.1, 0.15) is 23.9 Å². The molecule has 0 aliphatic heterocycles. The van der Waals surface area contributed by atoms with E-state index in [1.807, 2.05) is 31.2 Å². The Morgan fingerprint density at radius 2 is 2.00 bits per heavy atom. The summed E-state index contributed by atoms with van der Waals surface area (Å²) in [4.78, 5) is 12.4. The highest BCUT2D eigenvalue weighted by molar-refractivity contribution is 7.80. The summed E-state index contributed by atoms with van der Waals surface area (Å²) in [5, 5.41) is 15.3. The number of carbonyl (C=O) groups excluding carboxylic acids is 1. The van der Waals surface area contributed by atoms with Crippen molar-refractivity contribution in [3.8, 4) is 17.1 Å². The van der Waals surface area contributed by atoms with Gasteiger partial charge in [-0.15, -0.1) is 0 Å². The van der Waals surface area contributed by atoms with E-state index < -0.39 is 0 Å². The van der Waals surface area contributed by atoms with E-state index in [0.717, 1.165) is 16.8 Å². The van der Waals surface area contributed by atoms with Crippen molar-refractivity contribution < 1.29 is 19.1 Å². The molecule has 0 aliphatic carbocycles. The molecular formula is C21H19ClN2O4S. The maximum atomic E-state index is 12.4. The highest BCUT2D eigenvalue weighted by Gasteiger charge is 2.12. The quantitative estimate of drug-likeness (QED) is 0.515. The predicted octanol–water partition coefficient (Wildman–Crippen LogP) is 4.54. The topological polar surface area (TPSA) is 83.7 Å². The molecule has 3 rings (SSSR count). The number of aryl methyl sites for hydroxylation is 1. The van der Waals surface area contributed by atoms with Crippen molar-refractivity contribution in [2.75, 3.05) is 12.4 Å². The van der Waals surface area contributed by atoms with E-state index in [1.165, 1.54) is 13.2 Å². The van der Waals surface area contributed by atoms with Crippen LogP contribution in [0.4, 0.5) is 5.69 Å². The third-order valence-electron chi connectivity index (χ3n) is 4.21. The molecule has 0 saturated heterocycles. The molecule has 150 valence electrons. The van der Waals surface area contributed by atoms with Crippen LogP contribution < -0.4 is 15.4 Å². The molecule has 0 saturated carbocycles. The van der Waals surface area contributed by atoms with Gasteiger partial charge in [0.05, 0.1) is 12.1 Å². The zero-order valence-corrected chi connectivity index (χ0v) is 17.4. The summed E-state index contributed by atoms with van der Waals surface area (Å²) >= 11 is 11.3. The van der Waals surface area contributed by atoms with Crippen molar-refractivity contribution in [1.82, 2.24) is 5.32 Å². The number of amides is 1. The van der Waals surface area contributed by atoms with Crippen LogP contribution in [0.25, 0.3) is 11.3 Å². The number of thiocarbonyl (C=S) groups is 1. The SMILES string of the molecule is COc1ccc(C(=O)NC(=S)Nc2ccc(-c3ccc(CO)o3)c(C)c2)cc1Cl. The van der Waals surface area contributed by atoms with Gasteiger partial charge in [-0.2, -0.15) is 0 Å². The first-order chi connectivity index (χ1) is 13.9. The van der Waals surface area contributed by atoms with E-state index in [0.29, 0.717) is 27.9 Å². The lowest BCUT2D eigenvalue weighted by Crippen LogP contribution is -2.34. The van der Waals surface area contributed by atoms with Gasteiger partial charge in [0.25, 0.3) is 5.91 Å². The van der Waals surface area contributed by atoms with Crippen LogP contribution in [0.15, 0.2) is 52.9 Å². The van der Waals surface area contributed by atoms with Crippen LogP contribution in [-0.4, -0.2) is 23.2 Å². The van der Waals surface area contributed by atoms with Gasteiger partial charge in [0, 0.05) is 16.8 Å². The average molecular weight is 431 g/mol. The van der Waals surface area contributed by atoms with E-state index >= 15 is 0 Å². The molecule has 0 bridgehead atoms. The number of carbonyl (C=O) groups is 1. The minimum absolute atomic E-state index is 0.147. The minimum Gasteiger partial charge on any atom is -0.495 e. The number of benzene rings is 2. The second-order valence-electron chi connectivity index (χ2n) is 6.21. The van der Waals surface area contributed by atoms with Gasteiger partial charge < -0.3 is 19.6 Å². The van der Waals surface area contributed by atoms with Crippen LogP contribution >= 0.6 is 23.8 Å². The smallest absolute Gasteiger partial charge is 0.257 e. The Bertz CT molecular complexity index is 1060. The number of halogens is 1. The van der Waals surface area contributed by atoms with Crippen molar-refractivity contribution in [3.63, 3.8) is 0 Å². The van der Waals surface area contributed by atoms with Crippen LogP contribution in [0, 0.1) is 6.92 Å². The number of nitrogens with one attached hydrogen (secondary N) is 2. The molecule has 2 aromatic carbocycles. The van der Waals surface area contributed by atoms with Crippen LogP contribution in [0.1, 0.15) is 21.7 Å². The molecule has 1 heterocycles. The van der Waals surface area contributed by atoms with E-state index in [1.54, 1.807) is 18.2 Å². The predicted molar refractivity (Wildman–Crippen MR) is 116 cm³/mol. The maximum Gasteiger partial charge on any atom is 0.257 e. The van der Waals surface area contributed by atoms with Crippen molar-refractivity contribution >= 4 is 40.5 Å². The summed E-state index contributed by atoms with van der Waals surface area (Å²) in [7, 11) is 1.50. The summed E-state index contributed by atoms with van der Waals surface area (Å²) in [5.74, 6) is 1.28. The molecule has 0 radical (unpaired) electrons. The Kier molecular flexibility index (Phi) is 6.53. The molecule has 0 fully saturated rings. The summed E-state index contributed by atoms with van der Waals surface area (Å²) in [5.41, 5.74) is 2.94. The van der Waals surface area contributed by atoms with Crippen molar-refractivity contribution in [2.45, 2.75) is 13.5 Å². The number of rotatable bonds is 5. The first-order valence-electron chi connectivity index (χ1n) is 8.67. The lowest BCUT2D eigenvalue weighted by molar-refractivity contribution is 0.0977. The molecule has 1 amide bonds. The fourth-order valence-corrected chi connectivity index (χ4v) is 3.24. The van der Waals surface area contributed by atoms with E-state index in [9.17, 15) is 4.79 Å². The van der Waals surface area contributed by atoms with Crippen LogP contribution in [0.2, 0.25) is 5.02 Å². The summed E-state index contributed by atoms with van der Waals surface area (Å²) in [6.07, 6.45) is 0. The Morgan fingerprint density at radius 1 is 1.21 bits per heavy atom. The molecule has 3 aromatic rings. The zero-order valence-electron chi connectivity index (χ0n) is 15.8. The lowest BCUT2D eigenvalue weighted by Gasteiger charge is -2.12. The molecule has 1 aromatic heterocycles. The average Bonchev–Trinajstić information content (AvgIpc) is 3.16. The molecular weight excluding hydrogens is 412 g/mol. The third-order valence-corrected chi connectivity index (χ3v) is 4.71. The standard InChI is InChI=1S/C21H19ClN2O4S/c1-12-9-14(4-6-16(12)18-8-5-15(11-25)28-18)23-21(29)24-20(26)13-3-7-19(27-2)17(22)10-13/h3-10,25H,11H2,1-2H3,(H2,23,24,26,29). The van der Waals surface area contributed by atoms with Crippen LogP contribution in [0.3, 0.4) is 0 Å². The third kappa shape index (κ3) is 4.95. The summed E-state index contributed by atoms with van der Waals surface area (Å²) < 4.78 is 10.7. The number of aliphatic hydroxyl groups is 1. The normalized spacial score (nSPS) is 10.5. The Morgan fingerprint density at radius 3 is 2.62 bits per heavy atom. The Balaban J connectivity index is 1.66. The molecule has 29 heavy (non-hydrogen) atoms. The fraction of sp³-hybridized carbons (Fsp3) is 0.143. The number of anilines is 1. The lowest BCUT2D eigenvalue weighted by atomic mass is 10.1. The number of hydrogen-bond donors (Lipinski definition) is 3. The van der Waals surface area contributed by atoms with Crippen molar-refractivity contribution in [2.24, 2.45) is 0 Å². The van der Waals surface area contributed by atoms with Crippen LogP contribution in [0.5, 0.6) is 5.75 Å². The van der Waals surface area contributed by atoms with Gasteiger partial charge in [-0.1, -0.05) is 11.6 Å². The fourth-order valence-electron chi connectivity index (χ4n) is 2.77. The van der Waals surface area contributed by atoms with Gasteiger partial charge in [-0.25, -0.2) is 0 Å². The molecule has 8 heteroatoms. The van der Waals surface area contributed by atoms with Crippen molar-refractivity contribution in [1.29, 1.82) is 0 Å². The molecule has 0 aliphatic rings. The van der Waals surface area contributed by atoms with Crippen LogP contribution in [-0.2, 0) is 6.61 Å². The van der Waals surface area contributed by atoms with E-state index in [-0.39, 0.29) is 17.6 Å². The second-order valence-corrected chi connectivity index (χ2v) is 7.03. The van der Waals surface area contributed by atoms with Gasteiger partial charge in [0.15, 0.2) is 5.11 Å². The van der Waals surface area contributed by atoms with Gasteiger partial charge in [-0.3, -0.25) is 10.1 Å². The number of methoxy groups -OCH3 is 1. The monoisotopic (exact) mass is 430 g/mol. The van der Waals surface area contributed by atoms with Gasteiger partial charge in [-0.05, 0) is 73.2 Å². The number of furan rings is 1. The largest absolute Gasteiger partial charge is 0.495 e. The maximum absolute atomic E-state index is 12.4. The highest BCUT2D eigenvalue weighted by atomic mass is 35.5. The molecule has 6 nitrogen and oxygen atoms in total. The number of aliphatic hydroxyl groups excluding tert-OH is 1. The molecule has 0 unspecified atom stereocenters. The summed E-state index contributed by atoms with van der Waals surface area (Å²) in [6, 6.07) is 13.9. The molecule has 0 atom stereocenters. The van der Waals surface area contributed by atoms with E-state index in [2.05, 4.69) is 10.6 Å². The number of hydrogen-bond acceptors (Lipinski definition) is 5. The molecule has 3 N–H and O–H groups in total. The summed E-state index contributed by atoms with van der Waals surface area (Å²) in [6.45, 7) is 1.79. The Labute approximate surface area is 178 Å². The van der Waals surface area contributed by atoms with E-state index in [4.69, 9.17) is 38.1 Å². The zero-order chi connectivity index (χ0) is 21.0. The first-order valence-corrected chi connectivity index (χ1v) is 9.46. The molecule has 0 spiro atoms. The van der Waals surface area contributed by atoms with Gasteiger partial charge in [0.2, 0.25) is 0 Å². The highest BCUT2D eigenvalue weighted by Crippen LogP contribution is 2.28. The van der Waals surface area contributed by atoms with Crippen molar-refractivity contribution in [3.05, 3.63) is 70.4 Å². The second kappa shape index (κ2) is 9.09.